The maximum Gasteiger partial charge on any atom is 0.415 e. The third-order valence-electron chi connectivity index (χ3n) is 8.29. The van der Waals surface area contributed by atoms with E-state index in [-0.39, 0.29) is 46.2 Å². The van der Waals surface area contributed by atoms with Crippen molar-refractivity contribution in [1.29, 1.82) is 0 Å². The van der Waals surface area contributed by atoms with Gasteiger partial charge in [0.1, 0.15) is 28.5 Å². The van der Waals surface area contributed by atoms with Crippen LogP contribution in [0.25, 0.3) is 5.65 Å². The van der Waals surface area contributed by atoms with Crippen LogP contribution in [-0.4, -0.2) is 75.8 Å². The normalized spacial score (nSPS) is 21.2. The van der Waals surface area contributed by atoms with Crippen LogP contribution in [0.1, 0.15) is 82.6 Å². The molecule has 0 spiro atoms. The van der Waals surface area contributed by atoms with Crippen molar-refractivity contribution in [1.82, 2.24) is 24.5 Å². The number of nitrogens with zero attached hydrogens (tertiary/aromatic N) is 5. The first-order valence-electron chi connectivity index (χ1n) is 15.1. The number of carbonyl (C=O) groups is 2. The van der Waals surface area contributed by atoms with Crippen molar-refractivity contribution in [2.75, 3.05) is 37.6 Å². The van der Waals surface area contributed by atoms with Crippen LogP contribution in [0.4, 0.5) is 22.1 Å². The van der Waals surface area contributed by atoms with E-state index in [2.05, 4.69) is 22.7 Å². The molecule has 3 aromatic rings. The Balaban J connectivity index is 1.51. The van der Waals surface area contributed by atoms with Crippen LogP contribution in [0.15, 0.2) is 35.4 Å². The Labute approximate surface area is 256 Å². The zero-order valence-electron chi connectivity index (χ0n) is 26.4. The monoisotopic (exact) mass is 609 g/mol. The molecule has 1 saturated heterocycles. The van der Waals surface area contributed by atoms with Gasteiger partial charge in [0.05, 0.1) is 11.8 Å². The highest BCUT2D eigenvalue weighted by Gasteiger charge is 2.33. The number of rotatable bonds is 7. The first-order chi connectivity index (χ1) is 20.9. The van der Waals surface area contributed by atoms with Crippen molar-refractivity contribution in [3.63, 3.8) is 0 Å². The molecule has 0 bridgehead atoms. The smallest absolute Gasteiger partial charge is 0.415 e. The molecular formula is C31H43N7O6. The number of nitrogens with one attached hydrogen (secondary N) is 2. The first kappa shape index (κ1) is 31.5. The average Bonchev–Trinajstić information content (AvgIpc) is 3.41. The number of amides is 2. The van der Waals surface area contributed by atoms with Gasteiger partial charge in [-0.15, -0.1) is 0 Å². The van der Waals surface area contributed by atoms with Gasteiger partial charge < -0.3 is 29.4 Å². The molecule has 1 aliphatic heterocycles. The van der Waals surface area contributed by atoms with Gasteiger partial charge in [-0.2, -0.15) is 9.61 Å². The predicted molar refractivity (Wildman–Crippen MR) is 166 cm³/mol. The number of hydrogen-bond donors (Lipinski definition) is 2. The molecule has 4 heterocycles. The van der Waals surface area contributed by atoms with Crippen LogP contribution < -0.4 is 21.1 Å². The molecule has 1 saturated carbocycles. The van der Waals surface area contributed by atoms with Gasteiger partial charge in [-0.05, 0) is 78.4 Å². The molecule has 13 nitrogen and oxygen atoms in total. The highest BCUT2D eigenvalue weighted by molar-refractivity contribution is 6.00. The van der Waals surface area contributed by atoms with E-state index in [1.54, 1.807) is 63.9 Å². The van der Waals surface area contributed by atoms with E-state index in [1.807, 2.05) is 0 Å². The van der Waals surface area contributed by atoms with Crippen LogP contribution in [0.2, 0.25) is 0 Å². The fourth-order valence-corrected chi connectivity index (χ4v) is 5.85. The van der Waals surface area contributed by atoms with Crippen LogP contribution in [-0.2, 0) is 14.2 Å². The topological polar surface area (TPSA) is 141 Å². The quantitative estimate of drug-likeness (QED) is 0.398. The van der Waals surface area contributed by atoms with Crippen molar-refractivity contribution in [3.8, 4) is 0 Å². The van der Waals surface area contributed by atoms with Gasteiger partial charge in [0.2, 0.25) is 0 Å². The van der Waals surface area contributed by atoms with E-state index in [0.717, 1.165) is 32.1 Å². The fraction of sp³-hybridized carbons (Fsp3) is 0.581. The SMILES string of the molecule is CO[C@]1(C)CCC[C@@H](NC(=O)c2cnn3c(N(C)C(=O)OC(C)(C)C)cc(Nc4cccn(C5CCOCC5)c4=O)nc23)C1. The second-order valence-corrected chi connectivity index (χ2v) is 12.9. The molecule has 238 valence electrons. The van der Waals surface area contributed by atoms with Crippen molar-refractivity contribution < 1.29 is 23.8 Å². The van der Waals surface area contributed by atoms with Crippen molar-refractivity contribution in [2.45, 2.75) is 89.5 Å². The van der Waals surface area contributed by atoms with Crippen LogP contribution >= 0.6 is 0 Å². The lowest BCUT2D eigenvalue weighted by molar-refractivity contribution is -0.0314. The van der Waals surface area contributed by atoms with Gasteiger partial charge in [0.25, 0.3) is 11.5 Å². The Kier molecular flexibility index (Phi) is 8.98. The molecular weight excluding hydrogens is 566 g/mol. The van der Waals surface area contributed by atoms with E-state index in [0.29, 0.717) is 31.1 Å². The zero-order valence-corrected chi connectivity index (χ0v) is 26.4. The second kappa shape index (κ2) is 12.6. The number of anilines is 3. The molecule has 3 aromatic heterocycles. The van der Waals surface area contributed by atoms with E-state index >= 15 is 0 Å². The summed E-state index contributed by atoms with van der Waals surface area (Å²) in [7, 11) is 3.25. The maximum absolute atomic E-state index is 13.6. The summed E-state index contributed by atoms with van der Waals surface area (Å²) in [5.74, 6) is 0.238. The summed E-state index contributed by atoms with van der Waals surface area (Å²) in [4.78, 5) is 46.2. The number of fused-ring (bicyclic) bond motifs is 1. The van der Waals surface area contributed by atoms with Crippen LogP contribution in [0, 0.1) is 0 Å². The minimum Gasteiger partial charge on any atom is -0.443 e. The Morgan fingerprint density at radius 3 is 2.66 bits per heavy atom. The molecule has 2 fully saturated rings. The standard InChI is InChI=1S/C31H43N7O6/c1-30(2,3)44-29(41)36(5)25-17-24(34-23-10-8-14-37(28(23)40)21-11-15-43-16-12-21)35-26-22(19-32-38(25)26)27(39)33-20-9-7-13-31(4,18-20)42-6/h8,10,14,17,19-21H,7,9,11-13,15-16,18H2,1-6H3,(H,33,39)(H,34,35)/t20-,31-/m1/s1. The van der Waals surface area contributed by atoms with Gasteiger partial charge in [0, 0.05) is 51.7 Å². The fourth-order valence-electron chi connectivity index (χ4n) is 5.85. The molecule has 2 aliphatic rings. The molecule has 2 atom stereocenters. The van der Waals surface area contributed by atoms with Crippen molar-refractivity contribution >= 4 is 35.0 Å². The number of pyridine rings is 1. The molecule has 44 heavy (non-hydrogen) atoms. The lowest BCUT2D eigenvalue weighted by Crippen LogP contribution is -2.45. The summed E-state index contributed by atoms with van der Waals surface area (Å²) < 4.78 is 19.9. The molecule has 0 unspecified atom stereocenters. The predicted octanol–water partition coefficient (Wildman–Crippen LogP) is 4.43. The second-order valence-electron chi connectivity index (χ2n) is 12.9. The van der Waals surface area contributed by atoms with Gasteiger partial charge in [0.15, 0.2) is 5.65 Å². The molecule has 0 aromatic carbocycles. The molecule has 5 rings (SSSR count). The van der Waals surface area contributed by atoms with Gasteiger partial charge in [-0.1, -0.05) is 0 Å². The molecule has 13 heteroatoms. The first-order valence-corrected chi connectivity index (χ1v) is 15.1. The molecule has 2 N–H and O–H groups in total. The van der Waals surface area contributed by atoms with E-state index < -0.39 is 11.7 Å². The summed E-state index contributed by atoms with van der Waals surface area (Å²) in [6.45, 7) is 8.60. The molecule has 0 radical (unpaired) electrons. The van der Waals surface area contributed by atoms with Crippen LogP contribution in [0.3, 0.4) is 0 Å². The van der Waals surface area contributed by atoms with Gasteiger partial charge >= 0.3 is 6.09 Å². The maximum atomic E-state index is 13.6. The average molecular weight is 610 g/mol. The third kappa shape index (κ3) is 6.88. The van der Waals surface area contributed by atoms with Crippen molar-refractivity contribution in [3.05, 3.63) is 46.5 Å². The highest BCUT2D eigenvalue weighted by atomic mass is 16.6. The summed E-state index contributed by atoms with van der Waals surface area (Å²) in [5, 5.41) is 10.7. The molecule has 1 aliphatic carbocycles. The summed E-state index contributed by atoms with van der Waals surface area (Å²) in [6, 6.07) is 5.05. The van der Waals surface area contributed by atoms with E-state index in [1.165, 1.54) is 15.6 Å². The van der Waals surface area contributed by atoms with Gasteiger partial charge in [-0.25, -0.2) is 9.78 Å². The summed E-state index contributed by atoms with van der Waals surface area (Å²) in [6.07, 6.45) is 7.49. The number of hydrogen-bond acceptors (Lipinski definition) is 9. The van der Waals surface area contributed by atoms with Gasteiger partial charge in [-0.3, -0.25) is 14.5 Å². The summed E-state index contributed by atoms with van der Waals surface area (Å²) in [5.41, 5.74) is -0.456. The third-order valence-corrected chi connectivity index (χ3v) is 8.29. The Hall–Kier alpha value is -3.97. The van der Waals surface area contributed by atoms with Crippen LogP contribution in [0.5, 0.6) is 0 Å². The lowest BCUT2D eigenvalue weighted by atomic mass is 9.83. The number of aromatic nitrogens is 4. The van der Waals surface area contributed by atoms with E-state index in [4.69, 9.17) is 19.2 Å². The highest BCUT2D eigenvalue weighted by Crippen LogP contribution is 2.31. The Bertz CT molecular complexity index is 1570. The number of ether oxygens (including phenoxy) is 3. The largest absolute Gasteiger partial charge is 0.443 e. The van der Waals surface area contributed by atoms with Crippen molar-refractivity contribution in [2.24, 2.45) is 0 Å². The molecule has 2 amide bonds. The summed E-state index contributed by atoms with van der Waals surface area (Å²) >= 11 is 0. The van der Waals surface area contributed by atoms with E-state index in [9.17, 15) is 14.4 Å². The lowest BCUT2D eigenvalue weighted by Gasteiger charge is -2.37. The minimum absolute atomic E-state index is 0.0344. The Morgan fingerprint density at radius 2 is 1.95 bits per heavy atom. The minimum atomic E-state index is -0.732. The number of carbonyl (C=O) groups excluding carboxylic acids is 2. The zero-order chi connectivity index (χ0) is 31.6. The number of methoxy groups -OCH3 is 1. The Morgan fingerprint density at radius 1 is 1.20 bits per heavy atom.